The van der Waals surface area contributed by atoms with E-state index in [-0.39, 0.29) is 5.75 Å². The monoisotopic (exact) mass is 272 g/mol. The molecular weight excluding hydrogens is 256 g/mol. The van der Waals surface area contributed by atoms with E-state index < -0.39 is 16.1 Å². The second-order valence-corrected chi connectivity index (χ2v) is 5.46. The number of anilines is 2. The summed E-state index contributed by atoms with van der Waals surface area (Å²) >= 11 is 0. The largest absolute Gasteiger partial charge is 0.453 e. The smallest absolute Gasteiger partial charge is 0.411 e. The Balaban J connectivity index is 2.69. The first-order valence-electron chi connectivity index (χ1n) is 5.42. The minimum absolute atomic E-state index is 0.0785. The first-order valence-corrected chi connectivity index (χ1v) is 7.07. The van der Waals surface area contributed by atoms with Crippen molar-refractivity contribution in [2.75, 3.05) is 22.9 Å². The molecule has 0 spiro atoms. The predicted octanol–water partition coefficient (Wildman–Crippen LogP) is 2.02. The predicted molar refractivity (Wildman–Crippen MR) is 70.2 cm³/mol. The Hall–Kier alpha value is -1.76. The molecule has 0 saturated heterocycles. The van der Waals surface area contributed by atoms with E-state index in [0.717, 1.165) is 0 Å². The van der Waals surface area contributed by atoms with E-state index in [4.69, 9.17) is 0 Å². The Labute approximate surface area is 106 Å². The third-order valence-corrected chi connectivity index (χ3v) is 3.56. The summed E-state index contributed by atoms with van der Waals surface area (Å²) in [6.45, 7) is 1.79. The van der Waals surface area contributed by atoms with Crippen molar-refractivity contribution in [3.8, 4) is 0 Å². The van der Waals surface area contributed by atoms with E-state index in [1.807, 2.05) is 0 Å². The Morgan fingerprint density at radius 3 is 2.28 bits per heavy atom. The lowest BCUT2D eigenvalue weighted by Gasteiger charge is -2.08. The van der Waals surface area contributed by atoms with Crippen molar-refractivity contribution in [1.29, 1.82) is 0 Å². The highest BCUT2D eigenvalue weighted by molar-refractivity contribution is 7.92. The van der Waals surface area contributed by atoms with Gasteiger partial charge in [0, 0.05) is 11.4 Å². The Kier molecular flexibility index (Phi) is 4.96. The number of ether oxygens (including phenoxy) is 1. The highest BCUT2D eigenvalue weighted by Gasteiger charge is 2.08. The number of hydrogen-bond acceptors (Lipinski definition) is 4. The number of carbonyl (C=O) groups excluding carboxylic acids is 1. The molecule has 1 amide bonds. The SMILES string of the molecule is CCCS(=O)(=O)Nc1ccc(NC(=O)OC)cc1. The molecule has 0 heterocycles. The molecule has 0 saturated carbocycles. The van der Waals surface area contributed by atoms with Crippen LogP contribution in [0.1, 0.15) is 13.3 Å². The molecule has 1 aromatic rings. The van der Waals surface area contributed by atoms with Crippen LogP contribution < -0.4 is 10.0 Å². The van der Waals surface area contributed by atoms with Crippen LogP contribution in [0, 0.1) is 0 Å². The minimum atomic E-state index is -3.29. The zero-order chi connectivity index (χ0) is 13.6. The van der Waals surface area contributed by atoms with Gasteiger partial charge < -0.3 is 4.74 Å². The number of rotatable bonds is 5. The van der Waals surface area contributed by atoms with Crippen molar-refractivity contribution < 1.29 is 17.9 Å². The summed E-state index contributed by atoms with van der Waals surface area (Å²) in [7, 11) is -2.02. The molecule has 0 fully saturated rings. The molecule has 6 nitrogen and oxygen atoms in total. The highest BCUT2D eigenvalue weighted by Crippen LogP contribution is 2.15. The molecule has 7 heteroatoms. The van der Waals surface area contributed by atoms with Gasteiger partial charge in [-0.2, -0.15) is 0 Å². The molecule has 18 heavy (non-hydrogen) atoms. The second-order valence-electron chi connectivity index (χ2n) is 3.61. The summed E-state index contributed by atoms with van der Waals surface area (Å²) in [5, 5.41) is 2.47. The molecule has 0 aliphatic heterocycles. The lowest BCUT2D eigenvalue weighted by atomic mass is 10.3. The molecule has 2 N–H and O–H groups in total. The van der Waals surface area contributed by atoms with Crippen LogP contribution in [0.25, 0.3) is 0 Å². The van der Waals surface area contributed by atoms with Gasteiger partial charge in [-0.3, -0.25) is 10.0 Å². The normalized spacial score (nSPS) is 10.8. The van der Waals surface area contributed by atoms with Crippen LogP contribution in [-0.4, -0.2) is 27.4 Å². The Morgan fingerprint density at radius 1 is 1.22 bits per heavy atom. The van der Waals surface area contributed by atoms with E-state index in [0.29, 0.717) is 17.8 Å². The quantitative estimate of drug-likeness (QED) is 0.858. The number of benzene rings is 1. The molecule has 0 bridgehead atoms. The molecule has 0 unspecified atom stereocenters. The minimum Gasteiger partial charge on any atom is -0.453 e. The fraction of sp³-hybridized carbons (Fsp3) is 0.364. The van der Waals surface area contributed by atoms with Crippen LogP contribution in [-0.2, 0) is 14.8 Å². The molecule has 0 aliphatic rings. The molecular formula is C11H16N2O4S. The lowest BCUT2D eigenvalue weighted by Crippen LogP contribution is -2.16. The average Bonchev–Trinajstić information content (AvgIpc) is 2.31. The molecule has 0 atom stereocenters. The van der Waals surface area contributed by atoms with Gasteiger partial charge in [0.2, 0.25) is 10.0 Å². The van der Waals surface area contributed by atoms with Crippen molar-refractivity contribution in [2.45, 2.75) is 13.3 Å². The van der Waals surface area contributed by atoms with Gasteiger partial charge >= 0.3 is 6.09 Å². The second kappa shape index (κ2) is 6.25. The van der Waals surface area contributed by atoms with E-state index in [9.17, 15) is 13.2 Å². The van der Waals surface area contributed by atoms with Gasteiger partial charge in [-0.1, -0.05) is 6.92 Å². The van der Waals surface area contributed by atoms with Gasteiger partial charge in [-0.05, 0) is 30.7 Å². The number of sulfonamides is 1. The summed E-state index contributed by atoms with van der Waals surface area (Å²) in [5.74, 6) is 0.0785. The molecule has 1 aromatic carbocycles. The van der Waals surface area contributed by atoms with Gasteiger partial charge in [0.25, 0.3) is 0 Å². The molecule has 1 rings (SSSR count). The summed E-state index contributed by atoms with van der Waals surface area (Å²) < 4.78 is 29.9. The lowest BCUT2D eigenvalue weighted by molar-refractivity contribution is 0.187. The van der Waals surface area contributed by atoms with Gasteiger partial charge in [-0.15, -0.1) is 0 Å². The van der Waals surface area contributed by atoms with Crippen LogP contribution in [0.4, 0.5) is 16.2 Å². The average molecular weight is 272 g/mol. The fourth-order valence-corrected chi connectivity index (χ4v) is 2.42. The van der Waals surface area contributed by atoms with E-state index in [1.165, 1.54) is 7.11 Å². The third-order valence-electron chi connectivity index (χ3n) is 2.06. The highest BCUT2D eigenvalue weighted by atomic mass is 32.2. The van der Waals surface area contributed by atoms with Crippen LogP contribution >= 0.6 is 0 Å². The molecule has 100 valence electrons. The van der Waals surface area contributed by atoms with Crippen LogP contribution in [0.3, 0.4) is 0 Å². The van der Waals surface area contributed by atoms with Crippen molar-refractivity contribution >= 4 is 27.5 Å². The van der Waals surface area contributed by atoms with E-state index in [1.54, 1.807) is 31.2 Å². The van der Waals surface area contributed by atoms with Crippen molar-refractivity contribution in [1.82, 2.24) is 0 Å². The van der Waals surface area contributed by atoms with Crippen molar-refractivity contribution in [3.05, 3.63) is 24.3 Å². The van der Waals surface area contributed by atoms with Gasteiger partial charge in [0.1, 0.15) is 0 Å². The van der Waals surface area contributed by atoms with E-state index >= 15 is 0 Å². The summed E-state index contributed by atoms with van der Waals surface area (Å²) in [6, 6.07) is 6.30. The first-order chi connectivity index (χ1) is 8.46. The number of amides is 1. The van der Waals surface area contributed by atoms with Crippen LogP contribution in [0.5, 0.6) is 0 Å². The zero-order valence-corrected chi connectivity index (χ0v) is 11.1. The molecule has 0 aromatic heterocycles. The number of carbonyl (C=O) groups is 1. The topological polar surface area (TPSA) is 84.5 Å². The fourth-order valence-electron chi connectivity index (χ4n) is 1.29. The number of nitrogens with one attached hydrogen (secondary N) is 2. The third kappa shape index (κ3) is 4.62. The maximum atomic E-state index is 11.5. The number of methoxy groups -OCH3 is 1. The van der Waals surface area contributed by atoms with E-state index in [2.05, 4.69) is 14.8 Å². The van der Waals surface area contributed by atoms with Crippen LogP contribution in [0.2, 0.25) is 0 Å². The van der Waals surface area contributed by atoms with Crippen LogP contribution in [0.15, 0.2) is 24.3 Å². The zero-order valence-electron chi connectivity index (χ0n) is 10.3. The van der Waals surface area contributed by atoms with Crippen molar-refractivity contribution in [3.63, 3.8) is 0 Å². The van der Waals surface area contributed by atoms with Crippen molar-refractivity contribution in [2.24, 2.45) is 0 Å². The molecule has 0 radical (unpaired) electrons. The Morgan fingerprint density at radius 2 is 1.78 bits per heavy atom. The maximum Gasteiger partial charge on any atom is 0.411 e. The number of hydrogen-bond donors (Lipinski definition) is 2. The maximum absolute atomic E-state index is 11.5. The summed E-state index contributed by atoms with van der Waals surface area (Å²) in [6.07, 6.45) is -0.0218. The van der Waals surface area contributed by atoms with Gasteiger partial charge in [-0.25, -0.2) is 13.2 Å². The first kappa shape index (κ1) is 14.3. The van der Waals surface area contributed by atoms with Gasteiger partial charge in [0.15, 0.2) is 0 Å². The standard InChI is InChI=1S/C11H16N2O4S/c1-3-8-18(15,16)13-10-6-4-9(5-7-10)12-11(14)17-2/h4-7,13H,3,8H2,1-2H3,(H,12,14). The molecule has 0 aliphatic carbocycles. The van der Waals surface area contributed by atoms with Gasteiger partial charge in [0.05, 0.1) is 12.9 Å². The Bertz CT molecular complexity index is 496. The summed E-state index contributed by atoms with van der Waals surface area (Å²) in [5.41, 5.74) is 0.985. The summed E-state index contributed by atoms with van der Waals surface area (Å²) in [4.78, 5) is 10.9.